The molecule has 4 nitrogen and oxygen atoms in total. The van der Waals surface area contributed by atoms with Crippen molar-refractivity contribution in [3.05, 3.63) is 34.1 Å². The fraction of sp³-hybridized carbons (Fsp3) is 0.385. The number of carboxylic acid groups (broad SMARTS) is 1. The minimum absolute atomic E-state index is 0.0482. The van der Waals surface area contributed by atoms with E-state index in [1.165, 1.54) is 18.2 Å². The van der Waals surface area contributed by atoms with Crippen LogP contribution in [0.25, 0.3) is 0 Å². The SMILES string of the molecule is O=C(Cc1cc(F)ccc1Br)NC1(C(=O)O)CCC1. The first-order chi connectivity index (χ1) is 8.93. The van der Waals surface area contributed by atoms with Gasteiger partial charge in [-0.3, -0.25) is 4.79 Å². The molecule has 1 aromatic carbocycles. The summed E-state index contributed by atoms with van der Waals surface area (Å²) in [6, 6.07) is 4.07. The molecular weight excluding hydrogens is 317 g/mol. The summed E-state index contributed by atoms with van der Waals surface area (Å²) in [5, 5.41) is 11.7. The van der Waals surface area contributed by atoms with E-state index < -0.39 is 23.2 Å². The van der Waals surface area contributed by atoms with E-state index in [2.05, 4.69) is 21.2 Å². The summed E-state index contributed by atoms with van der Waals surface area (Å²) in [4.78, 5) is 23.0. The lowest BCUT2D eigenvalue weighted by Gasteiger charge is -2.38. The first-order valence-electron chi connectivity index (χ1n) is 5.91. The lowest BCUT2D eigenvalue weighted by atomic mass is 9.76. The molecule has 0 atom stereocenters. The van der Waals surface area contributed by atoms with Crippen molar-refractivity contribution in [3.8, 4) is 0 Å². The van der Waals surface area contributed by atoms with Crippen molar-refractivity contribution in [2.24, 2.45) is 0 Å². The summed E-state index contributed by atoms with van der Waals surface area (Å²) in [6.45, 7) is 0. The van der Waals surface area contributed by atoms with Crippen molar-refractivity contribution in [2.45, 2.75) is 31.2 Å². The van der Waals surface area contributed by atoms with E-state index in [1.54, 1.807) is 0 Å². The van der Waals surface area contributed by atoms with Crippen LogP contribution < -0.4 is 5.32 Å². The number of nitrogens with one attached hydrogen (secondary N) is 1. The number of hydrogen-bond acceptors (Lipinski definition) is 2. The van der Waals surface area contributed by atoms with Crippen LogP contribution in [-0.4, -0.2) is 22.5 Å². The second-order valence-corrected chi connectivity index (χ2v) is 5.56. The highest BCUT2D eigenvalue weighted by molar-refractivity contribution is 9.10. The Kier molecular flexibility index (Phi) is 3.89. The summed E-state index contributed by atoms with van der Waals surface area (Å²) < 4.78 is 13.7. The third-order valence-electron chi connectivity index (χ3n) is 3.35. The zero-order valence-electron chi connectivity index (χ0n) is 10.1. The Morgan fingerprint density at radius 3 is 2.63 bits per heavy atom. The number of carbonyl (C=O) groups excluding carboxylic acids is 1. The molecule has 1 aromatic rings. The van der Waals surface area contributed by atoms with Crippen LogP contribution in [0, 0.1) is 5.82 Å². The number of amides is 1. The molecule has 6 heteroatoms. The van der Waals surface area contributed by atoms with Gasteiger partial charge < -0.3 is 10.4 Å². The van der Waals surface area contributed by atoms with Crippen LogP contribution in [-0.2, 0) is 16.0 Å². The normalized spacial score (nSPS) is 16.5. The lowest BCUT2D eigenvalue weighted by molar-refractivity contribution is -0.151. The maximum atomic E-state index is 13.1. The van der Waals surface area contributed by atoms with E-state index in [0.717, 1.165) is 6.42 Å². The molecule has 2 rings (SSSR count). The third kappa shape index (κ3) is 2.94. The van der Waals surface area contributed by atoms with E-state index in [-0.39, 0.29) is 6.42 Å². The Balaban J connectivity index is 2.05. The van der Waals surface area contributed by atoms with Crippen LogP contribution in [0.1, 0.15) is 24.8 Å². The number of rotatable bonds is 4. The predicted molar refractivity (Wildman–Crippen MR) is 70.2 cm³/mol. The van der Waals surface area contributed by atoms with Crippen molar-refractivity contribution in [3.63, 3.8) is 0 Å². The van der Waals surface area contributed by atoms with Crippen LogP contribution in [0.15, 0.2) is 22.7 Å². The summed E-state index contributed by atoms with van der Waals surface area (Å²) in [5.74, 6) is -1.85. The fourth-order valence-corrected chi connectivity index (χ4v) is 2.47. The largest absolute Gasteiger partial charge is 0.480 e. The van der Waals surface area contributed by atoms with E-state index in [1.807, 2.05) is 0 Å². The van der Waals surface area contributed by atoms with Gasteiger partial charge >= 0.3 is 5.97 Å². The van der Waals surface area contributed by atoms with Gasteiger partial charge in [0.05, 0.1) is 6.42 Å². The van der Waals surface area contributed by atoms with Crippen molar-refractivity contribution in [1.29, 1.82) is 0 Å². The zero-order chi connectivity index (χ0) is 14.0. The van der Waals surface area contributed by atoms with Crippen LogP contribution in [0.5, 0.6) is 0 Å². The van der Waals surface area contributed by atoms with Crippen LogP contribution in [0.2, 0.25) is 0 Å². The maximum absolute atomic E-state index is 13.1. The lowest BCUT2D eigenvalue weighted by Crippen LogP contribution is -2.59. The second kappa shape index (κ2) is 5.28. The minimum Gasteiger partial charge on any atom is -0.480 e. The van der Waals surface area contributed by atoms with Crippen molar-refractivity contribution < 1.29 is 19.1 Å². The Morgan fingerprint density at radius 2 is 2.11 bits per heavy atom. The molecule has 0 heterocycles. The predicted octanol–water partition coefficient (Wildman–Crippen LogP) is 2.25. The minimum atomic E-state index is -1.13. The number of hydrogen-bond donors (Lipinski definition) is 2. The number of carboxylic acids is 1. The van der Waals surface area contributed by atoms with Gasteiger partial charge in [-0.2, -0.15) is 0 Å². The Morgan fingerprint density at radius 1 is 1.42 bits per heavy atom. The van der Waals surface area contributed by atoms with Crippen molar-refractivity contribution in [1.82, 2.24) is 5.32 Å². The van der Waals surface area contributed by atoms with E-state index in [9.17, 15) is 14.0 Å². The van der Waals surface area contributed by atoms with Gasteiger partial charge in [-0.25, -0.2) is 9.18 Å². The Labute approximate surface area is 118 Å². The molecule has 1 fully saturated rings. The summed E-state index contributed by atoms with van der Waals surface area (Å²) in [5.41, 5.74) is -0.631. The summed E-state index contributed by atoms with van der Waals surface area (Å²) >= 11 is 3.24. The molecular formula is C13H13BrFNO3. The maximum Gasteiger partial charge on any atom is 0.329 e. The standard InChI is InChI=1S/C13H13BrFNO3/c14-10-3-2-9(15)6-8(10)7-11(17)16-13(12(18)19)4-1-5-13/h2-3,6H,1,4-5,7H2,(H,16,17)(H,18,19). The highest BCUT2D eigenvalue weighted by Crippen LogP contribution is 2.32. The molecule has 1 aliphatic carbocycles. The molecule has 1 aliphatic rings. The van der Waals surface area contributed by atoms with Gasteiger partial charge in [0, 0.05) is 4.47 Å². The van der Waals surface area contributed by atoms with Crippen LogP contribution in [0.4, 0.5) is 4.39 Å². The van der Waals surface area contributed by atoms with E-state index in [4.69, 9.17) is 5.11 Å². The summed E-state index contributed by atoms with van der Waals surface area (Å²) in [7, 11) is 0. The highest BCUT2D eigenvalue weighted by atomic mass is 79.9. The summed E-state index contributed by atoms with van der Waals surface area (Å²) in [6.07, 6.45) is 1.63. The van der Waals surface area contributed by atoms with Gasteiger partial charge in [-0.15, -0.1) is 0 Å². The van der Waals surface area contributed by atoms with Gasteiger partial charge in [0.25, 0.3) is 0 Å². The smallest absolute Gasteiger partial charge is 0.329 e. The molecule has 19 heavy (non-hydrogen) atoms. The molecule has 0 radical (unpaired) electrons. The van der Waals surface area contributed by atoms with Crippen molar-refractivity contribution >= 4 is 27.8 Å². The van der Waals surface area contributed by atoms with Crippen LogP contribution >= 0.6 is 15.9 Å². The number of halogens is 2. The number of carbonyl (C=O) groups is 2. The molecule has 0 saturated heterocycles. The number of aliphatic carboxylic acids is 1. The van der Waals surface area contributed by atoms with Gasteiger partial charge in [0.1, 0.15) is 11.4 Å². The van der Waals surface area contributed by atoms with E-state index in [0.29, 0.717) is 22.9 Å². The van der Waals surface area contributed by atoms with Crippen LogP contribution in [0.3, 0.4) is 0 Å². The van der Waals surface area contributed by atoms with E-state index >= 15 is 0 Å². The Bertz CT molecular complexity index is 529. The molecule has 0 aliphatic heterocycles. The molecule has 2 N–H and O–H groups in total. The topological polar surface area (TPSA) is 66.4 Å². The molecule has 102 valence electrons. The first-order valence-corrected chi connectivity index (χ1v) is 6.71. The first kappa shape index (κ1) is 14.0. The van der Waals surface area contributed by atoms with Gasteiger partial charge in [0.2, 0.25) is 5.91 Å². The monoisotopic (exact) mass is 329 g/mol. The fourth-order valence-electron chi connectivity index (χ4n) is 2.09. The molecule has 1 saturated carbocycles. The average molecular weight is 330 g/mol. The Hall–Kier alpha value is -1.43. The third-order valence-corrected chi connectivity index (χ3v) is 4.13. The average Bonchev–Trinajstić information content (AvgIpc) is 2.28. The molecule has 0 aromatic heterocycles. The van der Waals surface area contributed by atoms with Gasteiger partial charge in [0.15, 0.2) is 0 Å². The molecule has 1 amide bonds. The van der Waals surface area contributed by atoms with Gasteiger partial charge in [-0.1, -0.05) is 15.9 Å². The molecule has 0 unspecified atom stereocenters. The molecule has 0 spiro atoms. The van der Waals surface area contributed by atoms with Crippen molar-refractivity contribution in [2.75, 3.05) is 0 Å². The second-order valence-electron chi connectivity index (χ2n) is 4.70. The quantitative estimate of drug-likeness (QED) is 0.890. The highest BCUT2D eigenvalue weighted by Gasteiger charge is 2.45. The molecule has 0 bridgehead atoms. The zero-order valence-corrected chi connectivity index (χ0v) is 11.7. The van der Waals surface area contributed by atoms with Gasteiger partial charge in [-0.05, 0) is 43.0 Å². The number of benzene rings is 1.